The number of hydrogen-bond acceptors (Lipinski definition) is 4. The van der Waals surface area contributed by atoms with E-state index in [0.29, 0.717) is 17.9 Å². The Kier molecular flexibility index (Phi) is 3.80. The largest absolute Gasteiger partial charge is 0.378 e. The number of carbonyl (C=O) groups is 1. The number of primary amides is 1. The average Bonchev–Trinajstić information content (AvgIpc) is 2.54. The number of amides is 1. The summed E-state index contributed by atoms with van der Waals surface area (Å²) in [7, 11) is 1.62. The lowest BCUT2D eigenvalue weighted by Crippen LogP contribution is -2.13. The van der Waals surface area contributed by atoms with Gasteiger partial charge in [0, 0.05) is 24.3 Å². The predicted octanol–water partition coefficient (Wildman–Crippen LogP) is 2.54. The van der Waals surface area contributed by atoms with Gasteiger partial charge in [0.15, 0.2) is 0 Å². The van der Waals surface area contributed by atoms with E-state index in [0.717, 1.165) is 22.2 Å². The molecule has 110 valence electrons. The third-order valence-electron chi connectivity index (χ3n) is 3.38. The van der Waals surface area contributed by atoms with Gasteiger partial charge in [0.1, 0.15) is 0 Å². The molecule has 3 aromatic rings. The summed E-state index contributed by atoms with van der Waals surface area (Å²) >= 11 is 0. The molecule has 0 aliphatic carbocycles. The highest BCUT2D eigenvalue weighted by Crippen LogP contribution is 2.25. The van der Waals surface area contributed by atoms with Gasteiger partial charge in [-0.25, -0.2) is 4.98 Å². The van der Waals surface area contributed by atoms with Crippen molar-refractivity contribution in [2.45, 2.75) is 6.61 Å². The van der Waals surface area contributed by atoms with Crippen molar-refractivity contribution in [3.05, 3.63) is 59.9 Å². The van der Waals surface area contributed by atoms with Crippen LogP contribution in [-0.4, -0.2) is 23.0 Å². The molecule has 0 fully saturated rings. The fourth-order valence-electron chi connectivity index (χ4n) is 2.32. The number of rotatable bonds is 4. The van der Waals surface area contributed by atoms with Gasteiger partial charge < -0.3 is 10.5 Å². The summed E-state index contributed by atoms with van der Waals surface area (Å²) in [5.41, 5.74) is 8.81. The Hall–Kier alpha value is -2.79. The van der Waals surface area contributed by atoms with Crippen molar-refractivity contribution in [3.8, 4) is 11.3 Å². The van der Waals surface area contributed by atoms with Crippen LogP contribution in [0.3, 0.4) is 0 Å². The highest BCUT2D eigenvalue weighted by Gasteiger charge is 2.14. The molecule has 0 aliphatic heterocycles. The number of hydrogen-bond donors (Lipinski definition) is 1. The summed E-state index contributed by atoms with van der Waals surface area (Å²) < 4.78 is 5.04. The van der Waals surface area contributed by atoms with E-state index in [1.54, 1.807) is 19.4 Å². The molecular weight excluding hydrogens is 278 g/mol. The van der Waals surface area contributed by atoms with E-state index in [2.05, 4.69) is 9.97 Å². The van der Waals surface area contributed by atoms with Gasteiger partial charge in [-0.1, -0.05) is 18.2 Å². The molecule has 0 unspecified atom stereocenters. The summed E-state index contributed by atoms with van der Waals surface area (Å²) in [6, 6.07) is 13.1. The topological polar surface area (TPSA) is 78.1 Å². The molecule has 22 heavy (non-hydrogen) atoms. The van der Waals surface area contributed by atoms with Crippen LogP contribution in [0.15, 0.2) is 48.7 Å². The van der Waals surface area contributed by atoms with Crippen molar-refractivity contribution in [1.82, 2.24) is 9.97 Å². The molecule has 0 spiro atoms. The Morgan fingerprint density at radius 3 is 2.73 bits per heavy atom. The number of nitrogens with zero attached hydrogens (tertiary/aromatic N) is 2. The summed E-state index contributed by atoms with van der Waals surface area (Å²) in [6.07, 6.45) is 1.68. The minimum absolute atomic E-state index is 0.389. The van der Waals surface area contributed by atoms with Crippen LogP contribution < -0.4 is 5.73 Å². The molecule has 0 radical (unpaired) electrons. The molecule has 0 bridgehead atoms. The fraction of sp³-hybridized carbons (Fsp3) is 0.118. The summed E-state index contributed by atoms with van der Waals surface area (Å²) in [5, 5.41) is 0.879. The normalized spacial score (nSPS) is 10.8. The molecule has 1 aromatic carbocycles. The number of para-hydroxylation sites is 1. The monoisotopic (exact) mass is 293 g/mol. The first-order valence-electron chi connectivity index (χ1n) is 6.83. The third-order valence-corrected chi connectivity index (χ3v) is 3.38. The number of benzene rings is 1. The maximum Gasteiger partial charge on any atom is 0.250 e. The second-order valence-electron chi connectivity index (χ2n) is 4.91. The van der Waals surface area contributed by atoms with Crippen LogP contribution in [0.25, 0.3) is 22.2 Å². The first-order valence-corrected chi connectivity index (χ1v) is 6.83. The Labute approximate surface area is 127 Å². The average molecular weight is 293 g/mol. The van der Waals surface area contributed by atoms with Crippen molar-refractivity contribution in [2.75, 3.05) is 7.11 Å². The fourth-order valence-corrected chi connectivity index (χ4v) is 2.32. The minimum atomic E-state index is -0.505. The highest BCUT2D eigenvalue weighted by molar-refractivity contribution is 6.02. The van der Waals surface area contributed by atoms with Gasteiger partial charge in [0.2, 0.25) is 0 Å². The van der Waals surface area contributed by atoms with Gasteiger partial charge in [0.25, 0.3) is 5.91 Å². The van der Waals surface area contributed by atoms with Crippen molar-refractivity contribution >= 4 is 16.8 Å². The van der Waals surface area contributed by atoms with E-state index in [1.165, 1.54) is 0 Å². The van der Waals surface area contributed by atoms with Crippen LogP contribution in [0.1, 0.15) is 16.1 Å². The first-order chi connectivity index (χ1) is 10.7. The van der Waals surface area contributed by atoms with Gasteiger partial charge in [0.05, 0.1) is 29.1 Å². The van der Waals surface area contributed by atoms with E-state index in [9.17, 15) is 4.79 Å². The van der Waals surface area contributed by atoms with E-state index in [1.807, 2.05) is 36.4 Å². The van der Waals surface area contributed by atoms with Gasteiger partial charge in [-0.2, -0.15) is 0 Å². The molecular formula is C17H15N3O2. The lowest BCUT2D eigenvalue weighted by Gasteiger charge is -2.09. The Balaban J connectivity index is 2.15. The molecule has 1 amide bonds. The van der Waals surface area contributed by atoms with Crippen LogP contribution in [0.2, 0.25) is 0 Å². The van der Waals surface area contributed by atoms with E-state index < -0.39 is 5.91 Å². The van der Waals surface area contributed by atoms with E-state index >= 15 is 0 Å². The van der Waals surface area contributed by atoms with Crippen LogP contribution in [-0.2, 0) is 11.3 Å². The molecule has 3 rings (SSSR count). The Morgan fingerprint density at radius 2 is 2.05 bits per heavy atom. The number of aromatic nitrogens is 2. The number of pyridine rings is 2. The minimum Gasteiger partial charge on any atom is -0.378 e. The zero-order valence-corrected chi connectivity index (χ0v) is 12.1. The molecule has 2 N–H and O–H groups in total. The number of nitrogens with two attached hydrogens (primary N) is 1. The standard InChI is InChI=1S/C17H15N3O2/c1-22-10-13-7-6-12(9-19-13)16-14(17(18)21)8-11-4-2-3-5-15(11)20-16/h2-9H,10H2,1H3,(H2,18,21). The molecule has 0 saturated heterocycles. The molecule has 5 heteroatoms. The quantitative estimate of drug-likeness (QED) is 0.801. The van der Waals surface area contributed by atoms with Crippen LogP contribution in [0.4, 0.5) is 0 Å². The number of methoxy groups -OCH3 is 1. The second-order valence-corrected chi connectivity index (χ2v) is 4.91. The molecule has 0 atom stereocenters. The zero-order chi connectivity index (χ0) is 15.5. The maximum absolute atomic E-state index is 11.8. The van der Waals surface area contributed by atoms with Gasteiger partial charge in [-0.05, 0) is 24.3 Å². The molecule has 5 nitrogen and oxygen atoms in total. The SMILES string of the molecule is COCc1ccc(-c2nc3ccccc3cc2C(N)=O)cn1. The lowest BCUT2D eigenvalue weighted by molar-refractivity contribution is 0.100. The summed E-state index contributed by atoms with van der Waals surface area (Å²) in [4.78, 5) is 20.6. The van der Waals surface area contributed by atoms with Gasteiger partial charge >= 0.3 is 0 Å². The van der Waals surface area contributed by atoms with Crippen molar-refractivity contribution in [1.29, 1.82) is 0 Å². The molecule has 0 aliphatic rings. The van der Waals surface area contributed by atoms with Crippen LogP contribution in [0.5, 0.6) is 0 Å². The number of carbonyl (C=O) groups excluding carboxylic acids is 1. The van der Waals surface area contributed by atoms with E-state index in [-0.39, 0.29) is 0 Å². The third kappa shape index (κ3) is 2.66. The van der Waals surface area contributed by atoms with Crippen molar-refractivity contribution in [3.63, 3.8) is 0 Å². The highest BCUT2D eigenvalue weighted by atomic mass is 16.5. The summed E-state index contributed by atoms with van der Waals surface area (Å²) in [6.45, 7) is 0.439. The first kappa shape index (κ1) is 14.2. The van der Waals surface area contributed by atoms with Crippen LogP contribution >= 0.6 is 0 Å². The zero-order valence-electron chi connectivity index (χ0n) is 12.1. The molecule has 2 heterocycles. The smallest absolute Gasteiger partial charge is 0.250 e. The van der Waals surface area contributed by atoms with Crippen molar-refractivity contribution < 1.29 is 9.53 Å². The molecule has 0 saturated carbocycles. The Morgan fingerprint density at radius 1 is 1.23 bits per heavy atom. The second kappa shape index (κ2) is 5.91. The van der Waals surface area contributed by atoms with Gasteiger partial charge in [-0.15, -0.1) is 0 Å². The lowest BCUT2D eigenvalue weighted by atomic mass is 10.0. The predicted molar refractivity (Wildman–Crippen MR) is 84.2 cm³/mol. The Bertz CT molecular complexity index is 829. The summed E-state index contributed by atoms with van der Waals surface area (Å²) in [5.74, 6) is -0.505. The van der Waals surface area contributed by atoms with Crippen molar-refractivity contribution in [2.24, 2.45) is 5.73 Å². The van der Waals surface area contributed by atoms with Gasteiger partial charge in [-0.3, -0.25) is 9.78 Å². The van der Waals surface area contributed by atoms with Crippen LogP contribution in [0, 0.1) is 0 Å². The number of fused-ring (bicyclic) bond motifs is 1. The number of ether oxygens (including phenoxy) is 1. The maximum atomic E-state index is 11.8. The molecule has 2 aromatic heterocycles. The van der Waals surface area contributed by atoms with E-state index in [4.69, 9.17) is 10.5 Å².